The summed E-state index contributed by atoms with van der Waals surface area (Å²) in [5, 5.41) is 8.44. The van der Waals surface area contributed by atoms with Crippen molar-refractivity contribution in [1.29, 1.82) is 0 Å². The van der Waals surface area contributed by atoms with Crippen LogP contribution < -0.4 is 10.9 Å². The van der Waals surface area contributed by atoms with Gasteiger partial charge in [0.1, 0.15) is 0 Å². The summed E-state index contributed by atoms with van der Waals surface area (Å²) >= 11 is 0. The van der Waals surface area contributed by atoms with Crippen LogP contribution in [-0.2, 0) is 0 Å². The number of hydrogen-bond acceptors (Lipinski definition) is 5. The molecule has 2 aromatic carbocycles. The first-order valence-electron chi connectivity index (χ1n) is 10.9. The van der Waals surface area contributed by atoms with E-state index >= 15 is 0 Å². The average molecular weight is 445 g/mol. The van der Waals surface area contributed by atoms with Crippen LogP contribution in [0.2, 0.25) is 0 Å². The molecule has 0 unspecified atom stereocenters. The molecule has 0 atom stereocenters. The maximum Gasteiger partial charge on any atom is 0.307 e. The molecule has 0 fully saturated rings. The van der Waals surface area contributed by atoms with Gasteiger partial charge in [0, 0.05) is 0 Å². The van der Waals surface area contributed by atoms with Crippen molar-refractivity contribution in [2.75, 3.05) is 0 Å². The van der Waals surface area contributed by atoms with Crippen LogP contribution in [0.5, 0.6) is 0 Å². The van der Waals surface area contributed by atoms with Crippen LogP contribution in [-0.4, -0.2) is 23.2 Å². The Bertz CT molecular complexity index is 1080. The summed E-state index contributed by atoms with van der Waals surface area (Å²) in [5.74, 6) is -1.10. The van der Waals surface area contributed by atoms with Crippen molar-refractivity contribution in [3.8, 4) is 0 Å². The number of furan rings is 1. The molecule has 0 radical (unpaired) electrons. The van der Waals surface area contributed by atoms with Gasteiger partial charge in [0.25, 0.3) is 0 Å². The van der Waals surface area contributed by atoms with Crippen molar-refractivity contribution < 1.29 is 14.0 Å². The lowest BCUT2D eigenvalue weighted by Gasteiger charge is -2.05. The lowest BCUT2D eigenvalue weighted by molar-refractivity contribution is 0.0902. The van der Waals surface area contributed by atoms with Gasteiger partial charge in [-0.15, -0.1) is 0 Å². The fourth-order valence-electron chi connectivity index (χ4n) is 3.12. The summed E-state index contributed by atoms with van der Waals surface area (Å²) < 4.78 is 5.42. The first kappa shape index (κ1) is 23.7. The van der Waals surface area contributed by atoms with Crippen LogP contribution >= 0.6 is 0 Å². The van der Waals surface area contributed by atoms with Gasteiger partial charge < -0.3 is 4.42 Å². The van der Waals surface area contributed by atoms with Gasteiger partial charge in [-0.05, 0) is 49.9 Å². The maximum absolute atomic E-state index is 12.4. The highest BCUT2D eigenvalue weighted by Gasteiger charge is 2.16. The molecule has 1 heterocycles. The number of rotatable bonds is 8. The third-order valence-corrected chi connectivity index (χ3v) is 5.08. The normalized spacial score (nSPS) is 11.9. The second kappa shape index (κ2) is 11.0. The zero-order valence-corrected chi connectivity index (χ0v) is 19.3. The van der Waals surface area contributed by atoms with Gasteiger partial charge in [0.15, 0.2) is 11.5 Å². The summed E-state index contributed by atoms with van der Waals surface area (Å²) in [4.78, 5) is 24.9. The van der Waals surface area contributed by atoms with E-state index in [2.05, 4.69) is 21.1 Å². The molecule has 2 amide bonds. The number of nitrogens with zero attached hydrogens (tertiary/aromatic N) is 2. The summed E-state index contributed by atoms with van der Waals surface area (Å²) in [7, 11) is 0. The van der Waals surface area contributed by atoms with Gasteiger partial charge in [-0.3, -0.25) is 9.59 Å². The van der Waals surface area contributed by atoms with Crippen molar-refractivity contribution in [3.05, 3.63) is 94.4 Å². The molecule has 7 heteroatoms. The zero-order valence-electron chi connectivity index (χ0n) is 19.3. The van der Waals surface area contributed by atoms with Gasteiger partial charge in [-0.2, -0.15) is 10.2 Å². The van der Waals surface area contributed by atoms with Crippen LogP contribution in [0.3, 0.4) is 0 Å². The van der Waals surface area contributed by atoms with E-state index in [1.165, 1.54) is 12.1 Å². The molecule has 0 bridgehead atoms. The largest absolute Gasteiger partial charge is 0.446 e. The molecule has 0 aliphatic carbocycles. The van der Waals surface area contributed by atoms with Crippen LogP contribution in [0.25, 0.3) is 0 Å². The van der Waals surface area contributed by atoms with E-state index in [-0.39, 0.29) is 11.5 Å². The third kappa shape index (κ3) is 6.26. The van der Waals surface area contributed by atoms with Crippen LogP contribution in [0.15, 0.2) is 75.3 Å². The van der Waals surface area contributed by atoms with Crippen LogP contribution in [0.4, 0.5) is 0 Å². The monoisotopic (exact) mass is 444 g/mol. The van der Waals surface area contributed by atoms with Crippen molar-refractivity contribution in [3.63, 3.8) is 0 Å². The Labute approximate surface area is 193 Å². The maximum atomic E-state index is 12.4. The van der Waals surface area contributed by atoms with E-state index in [9.17, 15) is 9.59 Å². The summed E-state index contributed by atoms with van der Waals surface area (Å²) in [6.07, 6.45) is 1.29. The first-order chi connectivity index (χ1) is 15.9. The molecule has 33 heavy (non-hydrogen) atoms. The quantitative estimate of drug-likeness (QED) is 0.379. The number of aryl methyl sites for hydroxylation is 2. The number of carbonyl (C=O) groups excluding carboxylic acids is 2. The van der Waals surface area contributed by atoms with Crippen molar-refractivity contribution >= 4 is 23.2 Å². The minimum Gasteiger partial charge on any atom is -0.446 e. The molecular weight excluding hydrogens is 416 g/mol. The summed E-state index contributed by atoms with van der Waals surface area (Å²) in [6, 6.07) is 18.7. The molecule has 3 rings (SSSR count). The fourth-order valence-corrected chi connectivity index (χ4v) is 3.12. The smallest absolute Gasteiger partial charge is 0.307 e. The number of hydrogen-bond donors (Lipinski definition) is 2. The summed E-state index contributed by atoms with van der Waals surface area (Å²) in [5.41, 5.74) is 10.6. The Kier molecular flexibility index (Phi) is 7.91. The number of hydrazone groups is 2. The molecule has 0 aliphatic heterocycles. The average Bonchev–Trinajstić information content (AvgIpc) is 3.32. The van der Waals surface area contributed by atoms with Crippen molar-refractivity contribution in [2.24, 2.45) is 10.2 Å². The number of nitrogens with one attached hydrogen (secondary N) is 2. The Morgan fingerprint density at radius 1 is 0.667 bits per heavy atom. The molecule has 3 aromatic rings. The highest BCUT2D eigenvalue weighted by molar-refractivity contribution is 6.03. The topological polar surface area (TPSA) is 96.1 Å². The van der Waals surface area contributed by atoms with E-state index in [1.807, 2.05) is 76.2 Å². The molecule has 0 saturated heterocycles. The van der Waals surface area contributed by atoms with Crippen LogP contribution in [0, 0.1) is 13.8 Å². The molecule has 1 aromatic heterocycles. The van der Waals surface area contributed by atoms with E-state index in [1.54, 1.807) is 0 Å². The molecule has 0 aliphatic rings. The molecule has 0 saturated carbocycles. The van der Waals surface area contributed by atoms with Crippen LogP contribution in [0.1, 0.15) is 70.1 Å². The SMILES string of the molecule is CCC(=NNC(=O)c1ccc(C(=O)NN=C(CC)c2ccc(C)cc2)o1)c1ccc(C)cc1. The van der Waals surface area contributed by atoms with Gasteiger partial charge in [-0.1, -0.05) is 73.5 Å². The standard InChI is InChI=1S/C26H28N4O3/c1-5-21(19-11-7-17(3)8-12-19)27-29-25(31)23-15-16-24(33-23)26(32)30-28-22(6-2)20-13-9-18(4)10-14-20/h7-16H,5-6H2,1-4H3,(H,29,31)(H,30,32). The van der Waals surface area contributed by atoms with E-state index in [0.29, 0.717) is 12.8 Å². The van der Waals surface area contributed by atoms with Gasteiger partial charge in [-0.25, -0.2) is 10.9 Å². The highest BCUT2D eigenvalue weighted by atomic mass is 16.4. The third-order valence-electron chi connectivity index (χ3n) is 5.08. The minimum atomic E-state index is -0.537. The Morgan fingerprint density at radius 2 is 1.03 bits per heavy atom. The zero-order chi connectivity index (χ0) is 23.8. The predicted octanol–water partition coefficient (Wildman–Crippen LogP) is 4.98. The minimum absolute atomic E-state index is 0.0125. The fraction of sp³-hybridized carbons (Fsp3) is 0.231. The Morgan fingerprint density at radius 3 is 1.36 bits per heavy atom. The van der Waals surface area contributed by atoms with E-state index in [0.717, 1.165) is 33.7 Å². The summed E-state index contributed by atoms with van der Waals surface area (Å²) in [6.45, 7) is 7.94. The number of amides is 2. The molecule has 2 N–H and O–H groups in total. The second-order valence-corrected chi connectivity index (χ2v) is 7.60. The molecule has 0 spiro atoms. The van der Waals surface area contributed by atoms with Crippen molar-refractivity contribution in [1.82, 2.24) is 10.9 Å². The molecular formula is C26H28N4O3. The molecule has 170 valence electrons. The first-order valence-corrected chi connectivity index (χ1v) is 10.9. The highest BCUT2D eigenvalue weighted by Crippen LogP contribution is 2.11. The number of benzene rings is 2. The predicted molar refractivity (Wildman–Crippen MR) is 130 cm³/mol. The molecule has 7 nitrogen and oxygen atoms in total. The van der Waals surface area contributed by atoms with E-state index in [4.69, 9.17) is 4.42 Å². The Balaban J connectivity index is 1.65. The second-order valence-electron chi connectivity index (χ2n) is 7.60. The van der Waals surface area contributed by atoms with Gasteiger partial charge in [0.2, 0.25) is 0 Å². The van der Waals surface area contributed by atoms with Gasteiger partial charge >= 0.3 is 11.8 Å². The van der Waals surface area contributed by atoms with Crippen molar-refractivity contribution in [2.45, 2.75) is 40.5 Å². The van der Waals surface area contributed by atoms with E-state index < -0.39 is 11.8 Å². The number of carbonyl (C=O) groups is 2. The van der Waals surface area contributed by atoms with Gasteiger partial charge in [0.05, 0.1) is 11.4 Å². The lowest BCUT2D eigenvalue weighted by atomic mass is 10.1. The Hall–Kier alpha value is -4.00. The lowest BCUT2D eigenvalue weighted by Crippen LogP contribution is -2.20.